The maximum absolute atomic E-state index is 13.1. The third-order valence-electron chi connectivity index (χ3n) is 4.15. The lowest BCUT2D eigenvalue weighted by Gasteiger charge is -2.28. The van der Waals surface area contributed by atoms with Crippen molar-refractivity contribution in [3.63, 3.8) is 0 Å². The van der Waals surface area contributed by atoms with E-state index in [-0.39, 0.29) is 5.91 Å². The van der Waals surface area contributed by atoms with Gasteiger partial charge in [0.1, 0.15) is 6.04 Å². The molecule has 0 bridgehead atoms. The molecule has 0 saturated carbocycles. The molecule has 1 aliphatic rings. The van der Waals surface area contributed by atoms with Crippen LogP contribution in [-0.4, -0.2) is 26.1 Å². The predicted octanol–water partition coefficient (Wildman–Crippen LogP) is 3.36. The molecule has 7 nitrogen and oxygen atoms in total. The molecule has 1 amide bonds. The fraction of sp³-hybridized carbons (Fsp3) is 0.111. The Morgan fingerprint density at radius 3 is 2.77 bits per heavy atom. The van der Waals surface area contributed by atoms with Gasteiger partial charge >= 0.3 is 0 Å². The zero-order chi connectivity index (χ0) is 18.1. The number of anilines is 2. The standard InChI is InChI=1S/C18H15BrN6O/c1-11-15(17(26)21-14-8-3-2-4-9-14)16(12-6-5-7-13(19)10-12)25-18(20-11)22-23-24-25/h2-10,16H,1H3,(H,21,26)(H,20,22,24). The van der Waals surface area contributed by atoms with E-state index >= 15 is 0 Å². The molecule has 2 aromatic carbocycles. The number of fused-ring (bicyclic) bond motifs is 1. The molecule has 1 unspecified atom stereocenters. The van der Waals surface area contributed by atoms with Crippen LogP contribution in [0.3, 0.4) is 0 Å². The summed E-state index contributed by atoms with van der Waals surface area (Å²) < 4.78 is 2.54. The molecule has 0 spiro atoms. The number of tetrazole rings is 1. The molecule has 0 fully saturated rings. The molecule has 1 aromatic heterocycles. The maximum atomic E-state index is 13.1. The minimum Gasteiger partial charge on any atom is -0.326 e. The number of nitrogens with zero attached hydrogens (tertiary/aromatic N) is 4. The van der Waals surface area contributed by atoms with Crippen LogP contribution in [0.5, 0.6) is 0 Å². The Balaban J connectivity index is 1.78. The Kier molecular flexibility index (Phi) is 4.26. The first-order valence-corrected chi connectivity index (χ1v) is 8.80. The number of aromatic nitrogens is 4. The van der Waals surface area contributed by atoms with E-state index in [4.69, 9.17) is 0 Å². The van der Waals surface area contributed by atoms with Crippen molar-refractivity contribution >= 4 is 33.5 Å². The SMILES string of the molecule is CC1=C(C(=O)Nc2ccccc2)C(c2cccc(Br)c2)n2nnnc2N1. The summed E-state index contributed by atoms with van der Waals surface area (Å²) in [6.07, 6.45) is 0. The van der Waals surface area contributed by atoms with Crippen molar-refractivity contribution in [2.24, 2.45) is 0 Å². The van der Waals surface area contributed by atoms with Crippen LogP contribution in [0.2, 0.25) is 0 Å². The molecule has 1 atom stereocenters. The molecule has 2 N–H and O–H groups in total. The fourth-order valence-electron chi connectivity index (χ4n) is 3.01. The van der Waals surface area contributed by atoms with E-state index in [1.54, 1.807) is 4.68 Å². The van der Waals surface area contributed by atoms with E-state index in [1.165, 1.54) is 0 Å². The summed E-state index contributed by atoms with van der Waals surface area (Å²) in [6.45, 7) is 1.85. The summed E-state index contributed by atoms with van der Waals surface area (Å²) in [5.74, 6) is 0.302. The van der Waals surface area contributed by atoms with Gasteiger partial charge in [0.05, 0.1) is 5.57 Å². The van der Waals surface area contributed by atoms with Crippen molar-refractivity contribution in [3.8, 4) is 0 Å². The van der Waals surface area contributed by atoms with E-state index in [2.05, 4.69) is 42.1 Å². The fourth-order valence-corrected chi connectivity index (χ4v) is 3.43. The summed E-state index contributed by atoms with van der Waals surface area (Å²) in [5.41, 5.74) is 2.91. The molecule has 8 heteroatoms. The number of halogens is 1. The number of benzene rings is 2. The van der Waals surface area contributed by atoms with Gasteiger partial charge in [0.2, 0.25) is 5.95 Å². The first-order chi connectivity index (χ1) is 12.6. The van der Waals surface area contributed by atoms with Crippen LogP contribution < -0.4 is 10.6 Å². The van der Waals surface area contributed by atoms with Gasteiger partial charge in [-0.2, -0.15) is 4.68 Å². The van der Waals surface area contributed by atoms with Crippen LogP contribution >= 0.6 is 15.9 Å². The number of carbonyl (C=O) groups excluding carboxylic acids is 1. The lowest BCUT2D eigenvalue weighted by atomic mass is 9.95. The number of hydrogen-bond acceptors (Lipinski definition) is 5. The van der Waals surface area contributed by atoms with Gasteiger partial charge in [-0.3, -0.25) is 4.79 Å². The first-order valence-electron chi connectivity index (χ1n) is 8.01. The molecule has 26 heavy (non-hydrogen) atoms. The quantitative estimate of drug-likeness (QED) is 0.691. The van der Waals surface area contributed by atoms with Crippen molar-refractivity contribution in [1.82, 2.24) is 20.2 Å². The van der Waals surface area contributed by atoms with Crippen LogP contribution in [0.1, 0.15) is 18.5 Å². The van der Waals surface area contributed by atoms with Crippen molar-refractivity contribution in [2.75, 3.05) is 10.6 Å². The first kappa shape index (κ1) is 16.5. The summed E-state index contributed by atoms with van der Waals surface area (Å²) in [5, 5.41) is 17.9. The van der Waals surface area contributed by atoms with Gasteiger partial charge < -0.3 is 10.6 Å². The van der Waals surface area contributed by atoms with Crippen LogP contribution in [0.15, 0.2) is 70.3 Å². The predicted molar refractivity (Wildman–Crippen MR) is 101 cm³/mol. The summed E-state index contributed by atoms with van der Waals surface area (Å²) in [7, 11) is 0. The Bertz CT molecular complexity index is 998. The van der Waals surface area contributed by atoms with Crippen LogP contribution in [0.4, 0.5) is 11.6 Å². The summed E-state index contributed by atoms with van der Waals surface area (Å²) in [4.78, 5) is 13.1. The van der Waals surface area contributed by atoms with Gasteiger partial charge in [-0.15, -0.1) is 0 Å². The van der Waals surface area contributed by atoms with Crippen molar-refractivity contribution in [2.45, 2.75) is 13.0 Å². The average Bonchev–Trinajstić information content (AvgIpc) is 3.09. The van der Waals surface area contributed by atoms with E-state index in [0.29, 0.717) is 17.2 Å². The van der Waals surface area contributed by atoms with E-state index < -0.39 is 6.04 Å². The average molecular weight is 411 g/mol. The number of amides is 1. The Morgan fingerprint density at radius 2 is 2.00 bits per heavy atom. The Hall–Kier alpha value is -3.00. The number of para-hydroxylation sites is 1. The largest absolute Gasteiger partial charge is 0.326 e. The van der Waals surface area contributed by atoms with Gasteiger partial charge in [-0.1, -0.05) is 51.4 Å². The number of hydrogen-bond donors (Lipinski definition) is 2. The lowest BCUT2D eigenvalue weighted by molar-refractivity contribution is -0.113. The third kappa shape index (κ3) is 2.99. The minimum atomic E-state index is -0.428. The highest BCUT2D eigenvalue weighted by Crippen LogP contribution is 2.35. The Labute approximate surface area is 158 Å². The van der Waals surface area contributed by atoms with Crippen molar-refractivity contribution < 1.29 is 4.79 Å². The van der Waals surface area contributed by atoms with Gasteiger partial charge in [-0.05, 0) is 47.2 Å². The normalized spacial score (nSPS) is 16.0. The van der Waals surface area contributed by atoms with E-state index in [0.717, 1.165) is 15.7 Å². The summed E-state index contributed by atoms with van der Waals surface area (Å²) >= 11 is 3.49. The van der Waals surface area contributed by atoms with Gasteiger partial charge in [0.25, 0.3) is 5.91 Å². The second-order valence-corrected chi connectivity index (χ2v) is 6.80. The maximum Gasteiger partial charge on any atom is 0.255 e. The molecular weight excluding hydrogens is 396 g/mol. The van der Waals surface area contributed by atoms with Crippen molar-refractivity contribution in [3.05, 3.63) is 75.9 Å². The molecule has 130 valence electrons. The van der Waals surface area contributed by atoms with Crippen LogP contribution in [0, 0.1) is 0 Å². The number of rotatable bonds is 3. The topological polar surface area (TPSA) is 84.7 Å². The monoisotopic (exact) mass is 410 g/mol. The third-order valence-corrected chi connectivity index (χ3v) is 4.65. The Morgan fingerprint density at radius 1 is 1.19 bits per heavy atom. The second-order valence-electron chi connectivity index (χ2n) is 5.89. The zero-order valence-electron chi connectivity index (χ0n) is 13.8. The smallest absolute Gasteiger partial charge is 0.255 e. The number of carbonyl (C=O) groups is 1. The van der Waals surface area contributed by atoms with Gasteiger partial charge in [0, 0.05) is 15.9 Å². The molecule has 3 aromatic rings. The highest BCUT2D eigenvalue weighted by Gasteiger charge is 2.34. The summed E-state index contributed by atoms with van der Waals surface area (Å²) in [6, 6.07) is 16.7. The molecule has 0 aliphatic carbocycles. The van der Waals surface area contributed by atoms with E-state index in [9.17, 15) is 4.79 Å². The number of nitrogens with one attached hydrogen (secondary N) is 2. The molecule has 0 saturated heterocycles. The lowest BCUT2D eigenvalue weighted by Crippen LogP contribution is -2.31. The second kappa shape index (κ2) is 6.72. The molecular formula is C18H15BrN6O. The number of allylic oxidation sites excluding steroid dienone is 1. The highest BCUT2D eigenvalue weighted by atomic mass is 79.9. The molecule has 4 rings (SSSR count). The van der Waals surface area contributed by atoms with E-state index in [1.807, 2.05) is 61.5 Å². The van der Waals surface area contributed by atoms with Crippen molar-refractivity contribution in [1.29, 1.82) is 0 Å². The van der Waals surface area contributed by atoms with Gasteiger partial charge in [0.15, 0.2) is 0 Å². The molecule has 0 radical (unpaired) electrons. The zero-order valence-corrected chi connectivity index (χ0v) is 15.4. The molecule has 2 heterocycles. The highest BCUT2D eigenvalue weighted by molar-refractivity contribution is 9.10. The minimum absolute atomic E-state index is 0.202. The van der Waals surface area contributed by atoms with Gasteiger partial charge in [-0.25, -0.2) is 0 Å². The van der Waals surface area contributed by atoms with Crippen LogP contribution in [-0.2, 0) is 4.79 Å². The van der Waals surface area contributed by atoms with Crippen LogP contribution in [0.25, 0.3) is 0 Å². The molecule has 1 aliphatic heterocycles.